The first-order valence-electron chi connectivity index (χ1n) is 16.4. The molecule has 0 spiro atoms. The summed E-state index contributed by atoms with van der Waals surface area (Å²) in [5, 5.41) is 5.12. The number of benzene rings is 6. The summed E-state index contributed by atoms with van der Waals surface area (Å²) >= 11 is 1.88. The molecule has 1 aliphatic rings. The third kappa shape index (κ3) is 4.55. The van der Waals surface area contributed by atoms with Gasteiger partial charge in [-0.15, -0.1) is 11.3 Å². The normalized spacial score (nSPS) is 18.5. The van der Waals surface area contributed by atoms with Gasteiger partial charge in [0.15, 0.2) is 5.84 Å². The van der Waals surface area contributed by atoms with E-state index in [9.17, 15) is 0 Å². The van der Waals surface area contributed by atoms with Crippen molar-refractivity contribution in [2.24, 2.45) is 21.8 Å². The number of hydrogen-bond acceptors (Lipinski definition) is 3. The van der Waals surface area contributed by atoms with E-state index in [-0.39, 0.29) is 17.9 Å². The molecule has 0 saturated carbocycles. The van der Waals surface area contributed by atoms with E-state index in [1.807, 2.05) is 11.3 Å². The van der Waals surface area contributed by atoms with Gasteiger partial charge in [-0.1, -0.05) is 135 Å². The van der Waals surface area contributed by atoms with Crippen molar-refractivity contribution in [3.8, 4) is 11.1 Å². The topological polar surface area (TPSA) is 29.6 Å². The molecule has 0 saturated heterocycles. The first kappa shape index (κ1) is 27.9. The summed E-state index contributed by atoms with van der Waals surface area (Å²) in [4.78, 5) is 10.9. The minimum Gasteiger partial charge on any atom is -0.297 e. The van der Waals surface area contributed by atoms with E-state index < -0.39 is 0 Å². The molecule has 0 amide bonds. The van der Waals surface area contributed by atoms with Crippen molar-refractivity contribution in [2.45, 2.75) is 19.9 Å². The lowest BCUT2D eigenvalue weighted by Crippen LogP contribution is -2.27. The average Bonchev–Trinajstić information content (AvgIpc) is 3.64. The highest BCUT2D eigenvalue weighted by Crippen LogP contribution is 2.42. The highest BCUT2D eigenvalue weighted by atomic mass is 32.1. The molecule has 6 aromatic carbocycles. The molecule has 0 aliphatic carbocycles. The predicted molar refractivity (Wildman–Crippen MR) is 201 cm³/mol. The lowest BCUT2D eigenvalue weighted by atomic mass is 9.84. The Bertz CT molecular complexity index is 2500. The summed E-state index contributed by atoms with van der Waals surface area (Å²) in [5.74, 6) is 2.17. The molecule has 1 aliphatic heterocycles. The van der Waals surface area contributed by atoms with Gasteiger partial charge < -0.3 is 0 Å². The Hall–Kier alpha value is -5.32. The molecule has 0 radical (unpaired) electrons. The van der Waals surface area contributed by atoms with Gasteiger partial charge in [0, 0.05) is 42.4 Å². The van der Waals surface area contributed by atoms with Crippen LogP contribution in [0.2, 0.25) is 0 Å². The van der Waals surface area contributed by atoms with Crippen molar-refractivity contribution >= 4 is 65.0 Å². The zero-order valence-corrected chi connectivity index (χ0v) is 27.2. The average molecular weight is 624 g/mol. The molecule has 3 heterocycles. The molecule has 3 atom stereocenters. The second-order valence-corrected chi connectivity index (χ2v) is 13.7. The zero-order valence-electron chi connectivity index (χ0n) is 26.3. The second kappa shape index (κ2) is 11.2. The minimum absolute atomic E-state index is 0.0100. The fourth-order valence-corrected chi connectivity index (χ4v) is 8.61. The van der Waals surface area contributed by atoms with Crippen molar-refractivity contribution in [1.82, 2.24) is 4.57 Å². The minimum atomic E-state index is -0.0100. The summed E-state index contributed by atoms with van der Waals surface area (Å²) < 4.78 is 5.07. The van der Waals surface area contributed by atoms with Crippen LogP contribution in [-0.2, 0) is 0 Å². The van der Waals surface area contributed by atoms with Crippen molar-refractivity contribution in [1.29, 1.82) is 0 Å². The number of aliphatic imine (C=N–C) groups is 2. The smallest absolute Gasteiger partial charge is 0.157 e. The molecule has 3 unspecified atom stereocenters. The summed E-state index contributed by atoms with van der Waals surface area (Å²) in [6.07, 6.45) is 0. The Morgan fingerprint density at radius 2 is 1.26 bits per heavy atom. The van der Waals surface area contributed by atoms with Crippen LogP contribution in [0.4, 0.5) is 0 Å². The quantitative estimate of drug-likeness (QED) is 0.187. The van der Waals surface area contributed by atoms with Gasteiger partial charge in [0.1, 0.15) is 5.84 Å². The van der Waals surface area contributed by atoms with Crippen LogP contribution >= 0.6 is 11.3 Å². The largest absolute Gasteiger partial charge is 0.297 e. The Morgan fingerprint density at radius 3 is 2.09 bits per heavy atom. The van der Waals surface area contributed by atoms with Crippen LogP contribution < -0.4 is 0 Å². The van der Waals surface area contributed by atoms with Crippen LogP contribution in [0.1, 0.15) is 31.0 Å². The highest BCUT2D eigenvalue weighted by Gasteiger charge is 2.33. The maximum absolute atomic E-state index is 5.47. The molecule has 2 aromatic heterocycles. The van der Waals surface area contributed by atoms with Crippen LogP contribution in [0.5, 0.6) is 0 Å². The van der Waals surface area contributed by atoms with E-state index in [0.717, 1.165) is 17.2 Å². The Kier molecular flexibility index (Phi) is 6.65. The monoisotopic (exact) mass is 623 g/mol. The number of aromatic nitrogens is 1. The number of fused-ring (bicyclic) bond motifs is 6. The van der Waals surface area contributed by atoms with Gasteiger partial charge >= 0.3 is 0 Å². The number of amidine groups is 1. The van der Waals surface area contributed by atoms with Crippen LogP contribution in [0.25, 0.3) is 53.1 Å². The van der Waals surface area contributed by atoms with E-state index in [2.05, 4.69) is 164 Å². The first-order valence-corrected chi connectivity index (χ1v) is 17.2. The van der Waals surface area contributed by atoms with Crippen molar-refractivity contribution in [3.63, 3.8) is 0 Å². The molecular weight excluding hydrogens is 591 g/mol. The van der Waals surface area contributed by atoms with E-state index in [1.54, 1.807) is 0 Å². The van der Waals surface area contributed by atoms with Crippen molar-refractivity contribution in [3.05, 3.63) is 157 Å². The standard InChI is InChI=1S/C43H33N3S/c1-27-28(2)43(45-42(30-16-7-4-8-17-30)44-40(27)29-14-5-3-6-15-29)46-37-22-11-9-18-33(37)36-26-31(24-25-38(36)46)32-20-13-21-35-34-19-10-12-23-39(34)47-41(32)35/h3-28,40H,1-2H3. The Balaban J connectivity index is 1.26. The fraction of sp³-hybridized carbons (Fsp3) is 0.116. The number of rotatable bonds is 3. The molecular formula is C43H33N3S. The molecule has 226 valence electrons. The maximum atomic E-state index is 5.47. The van der Waals surface area contributed by atoms with Gasteiger partial charge in [0.05, 0.1) is 17.1 Å². The SMILES string of the molecule is CC1C(n2c3ccccc3c3cc(-c4cccc5c4sc4ccccc45)ccc32)=NC(c2ccccc2)=NC(c2ccccc2)C1C. The van der Waals surface area contributed by atoms with Gasteiger partial charge in [-0.25, -0.2) is 4.99 Å². The van der Waals surface area contributed by atoms with Crippen LogP contribution in [0.3, 0.4) is 0 Å². The molecule has 0 bridgehead atoms. The summed E-state index contributed by atoms with van der Waals surface area (Å²) in [7, 11) is 0. The summed E-state index contributed by atoms with van der Waals surface area (Å²) in [6.45, 7) is 4.65. The lowest BCUT2D eigenvalue weighted by Gasteiger charge is -2.26. The number of nitrogens with zero attached hydrogens (tertiary/aromatic N) is 3. The zero-order chi connectivity index (χ0) is 31.5. The molecule has 3 nitrogen and oxygen atoms in total. The van der Waals surface area contributed by atoms with Gasteiger partial charge in [-0.3, -0.25) is 9.56 Å². The molecule has 9 rings (SSSR count). The predicted octanol–water partition coefficient (Wildman–Crippen LogP) is 11.5. The van der Waals surface area contributed by atoms with Gasteiger partial charge in [0.25, 0.3) is 0 Å². The highest BCUT2D eigenvalue weighted by molar-refractivity contribution is 7.26. The third-order valence-corrected chi connectivity index (χ3v) is 11.2. The van der Waals surface area contributed by atoms with Gasteiger partial charge in [0.2, 0.25) is 0 Å². The van der Waals surface area contributed by atoms with Crippen LogP contribution in [-0.4, -0.2) is 16.2 Å². The number of hydrogen-bond donors (Lipinski definition) is 0. The Labute approximate surface area is 278 Å². The summed E-state index contributed by atoms with van der Waals surface area (Å²) in [6, 6.07) is 52.3. The number of para-hydroxylation sites is 1. The van der Waals surface area contributed by atoms with Gasteiger partial charge in [-0.2, -0.15) is 0 Å². The molecule has 47 heavy (non-hydrogen) atoms. The van der Waals surface area contributed by atoms with Crippen molar-refractivity contribution in [2.75, 3.05) is 0 Å². The van der Waals surface area contributed by atoms with Crippen LogP contribution in [0, 0.1) is 11.8 Å². The maximum Gasteiger partial charge on any atom is 0.157 e. The summed E-state index contributed by atoms with van der Waals surface area (Å²) in [5.41, 5.74) is 7.11. The first-order chi connectivity index (χ1) is 23.2. The molecule has 4 heteroatoms. The molecule has 0 N–H and O–H groups in total. The third-order valence-electron chi connectivity index (χ3n) is 9.97. The van der Waals surface area contributed by atoms with E-state index in [4.69, 9.17) is 9.98 Å². The molecule has 0 fully saturated rings. The molecule has 8 aromatic rings. The lowest BCUT2D eigenvalue weighted by molar-refractivity contribution is 0.402. The van der Waals surface area contributed by atoms with Crippen LogP contribution in [0.15, 0.2) is 156 Å². The van der Waals surface area contributed by atoms with Gasteiger partial charge in [-0.05, 0) is 46.9 Å². The van der Waals surface area contributed by atoms with E-state index in [1.165, 1.54) is 58.7 Å². The number of thiophene rings is 1. The van der Waals surface area contributed by atoms with E-state index in [0.29, 0.717) is 0 Å². The van der Waals surface area contributed by atoms with Crippen molar-refractivity contribution < 1.29 is 0 Å². The Morgan fingerprint density at radius 1 is 0.574 bits per heavy atom. The van der Waals surface area contributed by atoms with E-state index >= 15 is 0 Å². The fourth-order valence-electron chi connectivity index (χ4n) is 7.37. The second-order valence-electron chi connectivity index (χ2n) is 12.7.